The minimum Gasteiger partial charge on any atom is -0.313 e. The molecule has 0 aliphatic carbocycles. The highest BCUT2D eigenvalue weighted by Crippen LogP contribution is 2.19. The Hall–Kier alpha value is -1.33. The van der Waals surface area contributed by atoms with Crippen molar-refractivity contribution in [3.63, 3.8) is 0 Å². The second kappa shape index (κ2) is 5.14. The molecular weight excluding hydrogens is 225 g/mol. The highest BCUT2D eigenvalue weighted by Gasteiger charge is 2.12. The minimum atomic E-state index is -0.304. The van der Waals surface area contributed by atoms with Gasteiger partial charge in [-0.2, -0.15) is 0 Å². The fraction of sp³-hybridized carbons (Fsp3) is 0.273. The number of aromatic nitrogens is 2. The summed E-state index contributed by atoms with van der Waals surface area (Å²) < 4.78 is 13.0. The van der Waals surface area contributed by atoms with Crippen molar-refractivity contribution < 1.29 is 4.39 Å². The molecule has 16 heavy (non-hydrogen) atoms. The van der Waals surface area contributed by atoms with E-state index >= 15 is 0 Å². The third kappa shape index (κ3) is 2.62. The van der Waals surface area contributed by atoms with Gasteiger partial charge in [0.1, 0.15) is 5.82 Å². The van der Waals surface area contributed by atoms with Gasteiger partial charge in [0.15, 0.2) is 0 Å². The van der Waals surface area contributed by atoms with Crippen LogP contribution in [-0.2, 0) is 6.42 Å². The van der Waals surface area contributed by atoms with Crippen molar-refractivity contribution in [3.8, 4) is 0 Å². The lowest BCUT2D eigenvalue weighted by atomic mass is 10.1. The van der Waals surface area contributed by atoms with Gasteiger partial charge < -0.3 is 5.32 Å². The molecule has 1 unspecified atom stereocenters. The fourth-order valence-corrected chi connectivity index (χ4v) is 2.19. The predicted octanol–water partition coefficient (Wildman–Crippen LogP) is 2.18. The molecule has 0 radical (unpaired) electrons. The average molecular weight is 237 g/mol. The summed E-state index contributed by atoms with van der Waals surface area (Å²) >= 11 is 1.60. The fourth-order valence-electron chi connectivity index (χ4n) is 1.55. The Balaban J connectivity index is 2.16. The molecule has 0 aromatic carbocycles. The van der Waals surface area contributed by atoms with E-state index in [4.69, 9.17) is 0 Å². The number of pyridine rings is 1. The van der Waals surface area contributed by atoms with Gasteiger partial charge >= 0.3 is 0 Å². The maximum Gasteiger partial charge on any atom is 0.141 e. The summed E-state index contributed by atoms with van der Waals surface area (Å²) in [5.74, 6) is -0.304. The number of likely N-dealkylation sites (N-methyl/N-ethyl adjacent to an activating group) is 1. The highest BCUT2D eigenvalue weighted by atomic mass is 32.1. The summed E-state index contributed by atoms with van der Waals surface area (Å²) in [6.07, 6.45) is 5.53. The molecule has 0 saturated heterocycles. The van der Waals surface area contributed by atoms with E-state index in [1.54, 1.807) is 23.0 Å². The van der Waals surface area contributed by atoms with Gasteiger partial charge in [0.25, 0.3) is 0 Å². The number of hydrogen-bond donors (Lipinski definition) is 1. The van der Waals surface area contributed by atoms with Crippen LogP contribution < -0.4 is 5.32 Å². The zero-order chi connectivity index (χ0) is 11.4. The topological polar surface area (TPSA) is 37.8 Å². The van der Waals surface area contributed by atoms with Gasteiger partial charge in [0, 0.05) is 29.7 Å². The van der Waals surface area contributed by atoms with Gasteiger partial charge in [-0.25, -0.2) is 4.39 Å². The molecule has 2 rings (SSSR count). The van der Waals surface area contributed by atoms with E-state index in [9.17, 15) is 4.39 Å². The number of nitrogens with zero attached hydrogens (tertiary/aromatic N) is 2. The molecule has 0 aliphatic heterocycles. The van der Waals surface area contributed by atoms with Gasteiger partial charge in [-0.15, -0.1) is 11.3 Å². The molecule has 0 bridgehead atoms. The molecule has 0 fully saturated rings. The van der Waals surface area contributed by atoms with Crippen molar-refractivity contribution in [1.29, 1.82) is 0 Å². The van der Waals surface area contributed by atoms with E-state index in [1.165, 1.54) is 17.1 Å². The molecule has 1 atom stereocenters. The second-order valence-electron chi connectivity index (χ2n) is 3.45. The van der Waals surface area contributed by atoms with Crippen LogP contribution in [0.4, 0.5) is 4.39 Å². The molecule has 0 aliphatic rings. The van der Waals surface area contributed by atoms with Crippen LogP contribution in [0.2, 0.25) is 0 Å². The van der Waals surface area contributed by atoms with Crippen molar-refractivity contribution >= 4 is 11.3 Å². The van der Waals surface area contributed by atoms with E-state index in [-0.39, 0.29) is 11.9 Å². The molecule has 0 saturated carbocycles. The Kier molecular flexibility index (Phi) is 3.58. The van der Waals surface area contributed by atoms with Gasteiger partial charge in [-0.05, 0) is 18.7 Å². The minimum absolute atomic E-state index is 0.0728. The van der Waals surface area contributed by atoms with Gasteiger partial charge in [0.05, 0.1) is 11.7 Å². The van der Waals surface area contributed by atoms with Crippen LogP contribution in [0.3, 0.4) is 0 Å². The van der Waals surface area contributed by atoms with Crippen LogP contribution >= 0.6 is 11.3 Å². The maximum atomic E-state index is 13.0. The van der Waals surface area contributed by atoms with Crippen LogP contribution in [0.1, 0.15) is 16.5 Å². The van der Waals surface area contributed by atoms with Gasteiger partial charge in [0.2, 0.25) is 0 Å². The Labute approximate surface area is 97.4 Å². The number of hydrogen-bond acceptors (Lipinski definition) is 4. The molecule has 84 valence electrons. The predicted molar refractivity (Wildman–Crippen MR) is 61.8 cm³/mol. The van der Waals surface area contributed by atoms with E-state index in [1.807, 2.05) is 13.2 Å². The number of rotatable bonds is 4. The van der Waals surface area contributed by atoms with Crippen molar-refractivity contribution in [1.82, 2.24) is 15.3 Å². The first-order valence-electron chi connectivity index (χ1n) is 4.94. The van der Waals surface area contributed by atoms with Crippen LogP contribution in [0.25, 0.3) is 0 Å². The van der Waals surface area contributed by atoms with Crippen LogP contribution in [0, 0.1) is 5.82 Å². The SMILES string of the molecule is CNC(Cc1cncs1)c1cncc(F)c1. The third-order valence-electron chi connectivity index (χ3n) is 2.37. The van der Waals surface area contributed by atoms with Crippen LogP contribution in [0.15, 0.2) is 30.2 Å². The summed E-state index contributed by atoms with van der Waals surface area (Å²) in [4.78, 5) is 9.05. The largest absolute Gasteiger partial charge is 0.313 e. The first kappa shape index (κ1) is 11.2. The molecule has 2 heterocycles. The molecule has 2 aromatic heterocycles. The zero-order valence-electron chi connectivity index (χ0n) is 8.85. The lowest BCUT2D eigenvalue weighted by Crippen LogP contribution is -2.18. The summed E-state index contributed by atoms with van der Waals surface area (Å²) in [5.41, 5.74) is 2.65. The number of nitrogens with one attached hydrogen (secondary N) is 1. The van der Waals surface area contributed by atoms with Crippen molar-refractivity contribution in [2.45, 2.75) is 12.5 Å². The maximum absolute atomic E-state index is 13.0. The summed E-state index contributed by atoms with van der Waals surface area (Å²) in [6.45, 7) is 0. The molecule has 0 amide bonds. The Morgan fingerprint density at radius 2 is 2.25 bits per heavy atom. The molecule has 1 N–H and O–H groups in total. The summed E-state index contributed by atoms with van der Waals surface area (Å²) in [5, 5.41) is 3.16. The van der Waals surface area contributed by atoms with E-state index in [0.717, 1.165) is 12.0 Å². The van der Waals surface area contributed by atoms with E-state index in [0.29, 0.717) is 0 Å². The monoisotopic (exact) mass is 237 g/mol. The number of thiazole rings is 1. The molecular formula is C11H12FN3S. The second-order valence-corrected chi connectivity index (χ2v) is 4.42. The third-order valence-corrected chi connectivity index (χ3v) is 3.17. The van der Waals surface area contributed by atoms with E-state index < -0.39 is 0 Å². The molecule has 2 aromatic rings. The van der Waals surface area contributed by atoms with Crippen molar-refractivity contribution in [3.05, 3.63) is 46.4 Å². The quantitative estimate of drug-likeness (QED) is 0.885. The molecule has 5 heteroatoms. The first-order valence-corrected chi connectivity index (χ1v) is 5.82. The van der Waals surface area contributed by atoms with E-state index in [2.05, 4.69) is 15.3 Å². The smallest absolute Gasteiger partial charge is 0.141 e. The summed E-state index contributed by atoms with van der Waals surface area (Å²) in [6, 6.07) is 1.58. The Morgan fingerprint density at radius 3 is 2.88 bits per heavy atom. The van der Waals surface area contributed by atoms with Gasteiger partial charge in [-0.3, -0.25) is 9.97 Å². The highest BCUT2D eigenvalue weighted by molar-refractivity contribution is 7.09. The van der Waals surface area contributed by atoms with Crippen LogP contribution in [-0.4, -0.2) is 17.0 Å². The summed E-state index contributed by atoms with van der Waals surface area (Å²) in [7, 11) is 1.86. The Morgan fingerprint density at radius 1 is 1.38 bits per heavy atom. The van der Waals surface area contributed by atoms with Gasteiger partial charge in [-0.1, -0.05) is 0 Å². The standard InChI is InChI=1S/C11H12FN3S/c1-13-11(3-10-6-15-7-16-10)8-2-9(12)5-14-4-8/h2,4-7,11,13H,3H2,1H3. The van der Waals surface area contributed by atoms with Crippen molar-refractivity contribution in [2.75, 3.05) is 7.05 Å². The lowest BCUT2D eigenvalue weighted by molar-refractivity contribution is 0.574. The Bertz CT molecular complexity index is 444. The number of halogens is 1. The zero-order valence-corrected chi connectivity index (χ0v) is 9.67. The lowest BCUT2D eigenvalue weighted by Gasteiger charge is -2.14. The normalized spacial score (nSPS) is 12.6. The first-order chi connectivity index (χ1) is 7.79. The van der Waals surface area contributed by atoms with Crippen molar-refractivity contribution in [2.24, 2.45) is 0 Å². The average Bonchev–Trinajstić information content (AvgIpc) is 2.78. The molecule has 3 nitrogen and oxygen atoms in total. The van der Waals surface area contributed by atoms with Crippen LogP contribution in [0.5, 0.6) is 0 Å². The molecule has 0 spiro atoms.